The van der Waals surface area contributed by atoms with Crippen LogP contribution in [0.1, 0.15) is 36.7 Å². The van der Waals surface area contributed by atoms with E-state index in [0.717, 1.165) is 37.6 Å². The smallest absolute Gasteiger partial charge is 0.163 e. The van der Waals surface area contributed by atoms with Crippen LogP contribution in [0.2, 0.25) is 0 Å². The van der Waals surface area contributed by atoms with E-state index in [2.05, 4.69) is 18.7 Å². The Labute approximate surface area is 131 Å². The second-order valence-electron chi connectivity index (χ2n) is 6.41. The van der Waals surface area contributed by atoms with Crippen LogP contribution >= 0.6 is 0 Å². The Morgan fingerprint density at radius 2 is 2.00 bits per heavy atom. The van der Waals surface area contributed by atoms with Crippen LogP contribution in [0.15, 0.2) is 12.1 Å². The SMILES string of the molecule is COc1ccc2c(c1C(C)=O)C(C)(C)C(N1CCOCC1)O2. The second-order valence-corrected chi connectivity index (χ2v) is 6.41. The minimum Gasteiger partial charge on any atom is -0.496 e. The summed E-state index contributed by atoms with van der Waals surface area (Å²) in [6.07, 6.45) is -0.0865. The summed E-state index contributed by atoms with van der Waals surface area (Å²) in [7, 11) is 1.59. The zero-order chi connectivity index (χ0) is 15.9. The molecular formula is C17H23NO4. The molecule has 2 aliphatic heterocycles. The van der Waals surface area contributed by atoms with Crippen molar-refractivity contribution in [1.82, 2.24) is 4.90 Å². The molecule has 0 aromatic heterocycles. The number of hydrogen-bond acceptors (Lipinski definition) is 5. The number of morpholine rings is 1. The van der Waals surface area contributed by atoms with Crippen molar-refractivity contribution in [1.29, 1.82) is 0 Å². The molecule has 0 saturated carbocycles. The number of Topliss-reactive ketones (excluding diaryl/α,β-unsaturated/α-hetero) is 1. The van der Waals surface area contributed by atoms with Crippen LogP contribution in [0.25, 0.3) is 0 Å². The second kappa shape index (κ2) is 5.56. The van der Waals surface area contributed by atoms with Gasteiger partial charge in [-0.05, 0) is 19.1 Å². The number of fused-ring (bicyclic) bond motifs is 1. The maximum Gasteiger partial charge on any atom is 0.163 e. The zero-order valence-electron chi connectivity index (χ0n) is 13.6. The predicted octanol–water partition coefficient (Wildman–Crippen LogP) is 2.23. The molecule has 3 rings (SSSR count). The molecule has 1 unspecified atom stereocenters. The van der Waals surface area contributed by atoms with Gasteiger partial charge >= 0.3 is 0 Å². The molecule has 5 nitrogen and oxygen atoms in total. The fourth-order valence-corrected chi connectivity index (χ4v) is 3.56. The Hall–Kier alpha value is -1.59. The highest BCUT2D eigenvalue weighted by atomic mass is 16.5. The van der Waals surface area contributed by atoms with Gasteiger partial charge in [-0.2, -0.15) is 0 Å². The normalized spacial score (nSPS) is 23.7. The molecule has 1 saturated heterocycles. The van der Waals surface area contributed by atoms with Gasteiger partial charge in [0.05, 0.1) is 25.9 Å². The third-order valence-electron chi connectivity index (χ3n) is 4.58. The van der Waals surface area contributed by atoms with Crippen molar-refractivity contribution in [3.05, 3.63) is 23.3 Å². The fraction of sp³-hybridized carbons (Fsp3) is 0.588. The van der Waals surface area contributed by atoms with Crippen molar-refractivity contribution in [2.75, 3.05) is 33.4 Å². The molecule has 0 amide bonds. The highest BCUT2D eigenvalue weighted by Crippen LogP contribution is 2.48. The number of rotatable bonds is 3. The van der Waals surface area contributed by atoms with Crippen LogP contribution in [0.5, 0.6) is 11.5 Å². The number of carbonyl (C=O) groups excluding carboxylic acids is 1. The third kappa shape index (κ3) is 2.29. The molecule has 22 heavy (non-hydrogen) atoms. The number of ketones is 1. The first-order chi connectivity index (χ1) is 10.5. The zero-order valence-corrected chi connectivity index (χ0v) is 13.6. The molecule has 0 aliphatic carbocycles. The summed E-state index contributed by atoms with van der Waals surface area (Å²) in [6.45, 7) is 8.96. The molecule has 1 aromatic rings. The Bertz CT molecular complexity index is 591. The maximum absolute atomic E-state index is 12.2. The van der Waals surface area contributed by atoms with Crippen molar-refractivity contribution in [2.24, 2.45) is 0 Å². The Morgan fingerprint density at radius 3 is 2.59 bits per heavy atom. The largest absolute Gasteiger partial charge is 0.496 e. The third-order valence-corrected chi connectivity index (χ3v) is 4.58. The van der Waals surface area contributed by atoms with E-state index in [4.69, 9.17) is 14.2 Å². The van der Waals surface area contributed by atoms with Crippen molar-refractivity contribution < 1.29 is 19.0 Å². The lowest BCUT2D eigenvalue weighted by Crippen LogP contribution is -2.52. The molecule has 5 heteroatoms. The minimum absolute atomic E-state index is 0.00741. The van der Waals surface area contributed by atoms with E-state index in [9.17, 15) is 4.79 Å². The average Bonchev–Trinajstić information content (AvgIpc) is 2.78. The Balaban J connectivity index is 2.06. The molecule has 120 valence electrons. The molecule has 0 spiro atoms. The predicted molar refractivity (Wildman–Crippen MR) is 82.8 cm³/mol. The first-order valence-corrected chi connectivity index (χ1v) is 7.67. The first kappa shape index (κ1) is 15.3. The summed E-state index contributed by atoms with van der Waals surface area (Å²) in [5.74, 6) is 1.41. The van der Waals surface area contributed by atoms with E-state index in [-0.39, 0.29) is 17.4 Å². The molecule has 0 radical (unpaired) electrons. The van der Waals surface area contributed by atoms with E-state index in [1.807, 2.05) is 12.1 Å². The number of carbonyl (C=O) groups is 1. The quantitative estimate of drug-likeness (QED) is 0.802. The van der Waals surface area contributed by atoms with Gasteiger partial charge in [0.25, 0.3) is 0 Å². The van der Waals surface area contributed by atoms with E-state index in [1.54, 1.807) is 14.0 Å². The highest BCUT2D eigenvalue weighted by molar-refractivity contribution is 5.99. The number of hydrogen-bond donors (Lipinski definition) is 0. The number of methoxy groups -OCH3 is 1. The van der Waals surface area contributed by atoms with Gasteiger partial charge in [-0.1, -0.05) is 13.8 Å². The standard InChI is InChI=1S/C17H23NO4/c1-11(19)14-12(20-4)5-6-13-15(14)17(2,3)16(22-13)18-7-9-21-10-8-18/h5-6,16H,7-10H2,1-4H3. The van der Waals surface area contributed by atoms with Gasteiger partial charge in [0.2, 0.25) is 0 Å². The summed E-state index contributed by atoms with van der Waals surface area (Å²) in [5.41, 5.74) is 1.30. The lowest BCUT2D eigenvalue weighted by molar-refractivity contribution is -0.0613. The first-order valence-electron chi connectivity index (χ1n) is 7.67. The van der Waals surface area contributed by atoms with Gasteiger partial charge in [0.15, 0.2) is 12.0 Å². The van der Waals surface area contributed by atoms with Crippen molar-refractivity contribution >= 4 is 5.78 Å². The molecule has 1 fully saturated rings. The Morgan fingerprint density at radius 1 is 1.32 bits per heavy atom. The minimum atomic E-state index is -0.289. The summed E-state index contributed by atoms with van der Waals surface area (Å²) < 4.78 is 17.0. The average molecular weight is 305 g/mol. The molecule has 0 N–H and O–H groups in total. The number of nitrogens with zero attached hydrogens (tertiary/aromatic N) is 1. The summed E-state index contributed by atoms with van der Waals surface area (Å²) >= 11 is 0. The van der Waals surface area contributed by atoms with Crippen molar-refractivity contribution in [3.8, 4) is 11.5 Å². The number of ether oxygens (including phenoxy) is 3. The van der Waals surface area contributed by atoms with Gasteiger partial charge in [-0.25, -0.2) is 0 Å². The monoisotopic (exact) mass is 305 g/mol. The van der Waals surface area contributed by atoms with Gasteiger partial charge in [0, 0.05) is 24.1 Å². The summed E-state index contributed by atoms with van der Waals surface area (Å²) in [6, 6.07) is 3.72. The van der Waals surface area contributed by atoms with Gasteiger partial charge in [-0.3, -0.25) is 9.69 Å². The van der Waals surface area contributed by atoms with Crippen molar-refractivity contribution in [3.63, 3.8) is 0 Å². The van der Waals surface area contributed by atoms with Crippen LogP contribution in [0.3, 0.4) is 0 Å². The number of benzene rings is 1. The van der Waals surface area contributed by atoms with E-state index in [0.29, 0.717) is 11.3 Å². The van der Waals surface area contributed by atoms with Crippen molar-refractivity contribution in [2.45, 2.75) is 32.4 Å². The van der Waals surface area contributed by atoms with E-state index in [1.165, 1.54) is 0 Å². The van der Waals surface area contributed by atoms with Gasteiger partial charge in [-0.15, -0.1) is 0 Å². The van der Waals surface area contributed by atoms with Gasteiger partial charge in [0.1, 0.15) is 11.5 Å². The Kier molecular flexibility index (Phi) is 3.87. The highest BCUT2D eigenvalue weighted by Gasteiger charge is 2.47. The molecule has 1 aromatic carbocycles. The molecule has 2 heterocycles. The maximum atomic E-state index is 12.2. The molecule has 1 atom stereocenters. The van der Waals surface area contributed by atoms with E-state index < -0.39 is 0 Å². The van der Waals surface area contributed by atoms with Crippen LogP contribution < -0.4 is 9.47 Å². The molecule has 0 bridgehead atoms. The van der Waals surface area contributed by atoms with Crippen LogP contribution in [0, 0.1) is 0 Å². The topological polar surface area (TPSA) is 48.0 Å². The lowest BCUT2D eigenvalue weighted by atomic mass is 9.79. The van der Waals surface area contributed by atoms with E-state index >= 15 is 0 Å². The lowest BCUT2D eigenvalue weighted by Gasteiger charge is -2.38. The molecular weight excluding hydrogens is 282 g/mol. The summed E-state index contributed by atoms with van der Waals surface area (Å²) in [5, 5.41) is 0. The van der Waals surface area contributed by atoms with Crippen LogP contribution in [0.4, 0.5) is 0 Å². The summed E-state index contributed by atoms with van der Waals surface area (Å²) in [4.78, 5) is 14.5. The molecule has 2 aliphatic rings. The van der Waals surface area contributed by atoms with Gasteiger partial charge < -0.3 is 14.2 Å². The van der Waals surface area contributed by atoms with Crippen LogP contribution in [-0.4, -0.2) is 50.3 Å². The fourth-order valence-electron chi connectivity index (χ4n) is 3.56. The van der Waals surface area contributed by atoms with Crippen LogP contribution in [-0.2, 0) is 10.2 Å².